The van der Waals surface area contributed by atoms with Gasteiger partial charge in [-0.2, -0.15) is 0 Å². The maximum absolute atomic E-state index is 6.02. The molecule has 0 bridgehead atoms. The van der Waals surface area contributed by atoms with E-state index in [0.29, 0.717) is 5.04 Å². The summed E-state index contributed by atoms with van der Waals surface area (Å²) in [5, 5.41) is 0.291. The van der Waals surface area contributed by atoms with E-state index in [0.717, 1.165) is 19.4 Å². The van der Waals surface area contributed by atoms with Gasteiger partial charge in [0, 0.05) is 12.6 Å². The largest absolute Gasteiger partial charge is 0.415 e. The van der Waals surface area contributed by atoms with Crippen molar-refractivity contribution in [3.63, 3.8) is 0 Å². The highest BCUT2D eigenvalue weighted by Crippen LogP contribution is 2.36. The summed E-state index contributed by atoms with van der Waals surface area (Å²) in [5.74, 6) is 0. The van der Waals surface area contributed by atoms with Crippen LogP contribution in [0.2, 0.25) is 18.1 Å². The van der Waals surface area contributed by atoms with E-state index in [1.807, 2.05) is 0 Å². The highest BCUT2D eigenvalue weighted by Gasteiger charge is 2.37. The third-order valence-electron chi connectivity index (χ3n) is 3.12. The van der Waals surface area contributed by atoms with Gasteiger partial charge in [-0.1, -0.05) is 34.1 Å². The molecule has 1 atom stereocenters. The SMILES string of the molecule is CCC[C@H](N)CO[Si](C)(C)C(C)(C)C. The maximum Gasteiger partial charge on any atom is 0.192 e. The summed E-state index contributed by atoms with van der Waals surface area (Å²) in [5.41, 5.74) is 5.93. The molecular weight excluding hydrogens is 190 g/mol. The molecule has 0 aliphatic heterocycles. The van der Waals surface area contributed by atoms with Gasteiger partial charge < -0.3 is 10.2 Å². The van der Waals surface area contributed by atoms with Crippen LogP contribution in [0.4, 0.5) is 0 Å². The van der Waals surface area contributed by atoms with Gasteiger partial charge in [0.25, 0.3) is 0 Å². The maximum atomic E-state index is 6.02. The average Bonchev–Trinajstić information content (AvgIpc) is 1.99. The summed E-state index contributed by atoms with van der Waals surface area (Å²) in [4.78, 5) is 0. The molecule has 0 aromatic rings. The van der Waals surface area contributed by atoms with Crippen LogP contribution in [0, 0.1) is 0 Å². The third kappa shape index (κ3) is 4.58. The van der Waals surface area contributed by atoms with Crippen LogP contribution < -0.4 is 5.73 Å². The first-order chi connectivity index (χ1) is 6.20. The molecule has 86 valence electrons. The standard InChI is InChI=1S/C11H27NOSi/c1-7-8-10(12)9-13-14(5,6)11(2,3)4/h10H,7-9,12H2,1-6H3/t10-/m0/s1. The summed E-state index contributed by atoms with van der Waals surface area (Å²) >= 11 is 0. The summed E-state index contributed by atoms with van der Waals surface area (Å²) < 4.78 is 6.02. The van der Waals surface area contributed by atoms with Gasteiger partial charge in [-0.15, -0.1) is 0 Å². The zero-order valence-corrected chi connectivity index (χ0v) is 11.7. The van der Waals surface area contributed by atoms with E-state index in [-0.39, 0.29) is 6.04 Å². The number of rotatable bonds is 5. The van der Waals surface area contributed by atoms with Crippen LogP contribution in [0.3, 0.4) is 0 Å². The molecule has 0 aliphatic carbocycles. The van der Waals surface area contributed by atoms with E-state index >= 15 is 0 Å². The summed E-state index contributed by atoms with van der Waals surface area (Å²) in [6.45, 7) is 14.2. The normalized spacial score (nSPS) is 15.6. The second-order valence-corrected chi connectivity index (χ2v) is 10.4. The molecule has 0 amide bonds. The molecule has 0 heterocycles. The molecule has 2 N–H and O–H groups in total. The molecule has 0 rings (SSSR count). The molecule has 0 saturated heterocycles. The second kappa shape index (κ2) is 5.28. The van der Waals surface area contributed by atoms with E-state index in [1.165, 1.54) is 0 Å². The Hall–Kier alpha value is 0.137. The fourth-order valence-corrected chi connectivity index (χ4v) is 2.05. The Morgan fingerprint density at radius 1 is 1.29 bits per heavy atom. The van der Waals surface area contributed by atoms with Gasteiger partial charge in [0.15, 0.2) is 8.32 Å². The van der Waals surface area contributed by atoms with Crippen molar-refractivity contribution in [1.29, 1.82) is 0 Å². The topological polar surface area (TPSA) is 35.2 Å². The lowest BCUT2D eigenvalue weighted by atomic mass is 10.2. The highest BCUT2D eigenvalue weighted by atomic mass is 28.4. The lowest BCUT2D eigenvalue weighted by Crippen LogP contribution is -2.43. The highest BCUT2D eigenvalue weighted by molar-refractivity contribution is 6.74. The van der Waals surface area contributed by atoms with Crippen LogP contribution in [-0.2, 0) is 4.43 Å². The monoisotopic (exact) mass is 217 g/mol. The van der Waals surface area contributed by atoms with Crippen molar-refractivity contribution < 1.29 is 4.43 Å². The lowest BCUT2D eigenvalue weighted by Gasteiger charge is -2.36. The van der Waals surface area contributed by atoms with Crippen LogP contribution in [0.5, 0.6) is 0 Å². The first kappa shape index (κ1) is 14.1. The van der Waals surface area contributed by atoms with Crippen LogP contribution in [0.1, 0.15) is 40.5 Å². The Bertz CT molecular complexity index is 163. The molecule has 0 aromatic heterocycles. The van der Waals surface area contributed by atoms with E-state index < -0.39 is 8.32 Å². The Morgan fingerprint density at radius 2 is 1.79 bits per heavy atom. The van der Waals surface area contributed by atoms with Crippen LogP contribution >= 0.6 is 0 Å². The predicted molar refractivity (Wildman–Crippen MR) is 66.0 cm³/mol. The van der Waals surface area contributed by atoms with Crippen LogP contribution in [0.25, 0.3) is 0 Å². The molecule has 0 aromatic carbocycles. The van der Waals surface area contributed by atoms with Gasteiger partial charge in [-0.05, 0) is 24.6 Å². The predicted octanol–water partition coefficient (Wildman–Crippen LogP) is 3.14. The van der Waals surface area contributed by atoms with Gasteiger partial charge >= 0.3 is 0 Å². The molecular formula is C11H27NOSi. The van der Waals surface area contributed by atoms with E-state index in [2.05, 4.69) is 40.8 Å². The Morgan fingerprint density at radius 3 is 2.14 bits per heavy atom. The van der Waals surface area contributed by atoms with Crippen molar-refractivity contribution in [2.45, 2.75) is 64.7 Å². The van der Waals surface area contributed by atoms with Gasteiger partial charge in [0.2, 0.25) is 0 Å². The van der Waals surface area contributed by atoms with Crippen molar-refractivity contribution in [3.8, 4) is 0 Å². The molecule has 3 heteroatoms. The minimum atomic E-state index is -1.58. The number of nitrogens with two attached hydrogens (primary N) is 1. The Labute approximate surface area is 90.3 Å². The minimum absolute atomic E-state index is 0.217. The van der Waals surface area contributed by atoms with E-state index in [1.54, 1.807) is 0 Å². The molecule has 0 fully saturated rings. The van der Waals surface area contributed by atoms with Crippen molar-refractivity contribution >= 4 is 8.32 Å². The summed E-state index contributed by atoms with van der Waals surface area (Å²) in [6, 6.07) is 0.217. The van der Waals surface area contributed by atoms with Gasteiger partial charge in [0.1, 0.15) is 0 Å². The Balaban J connectivity index is 3.99. The van der Waals surface area contributed by atoms with Gasteiger partial charge in [-0.3, -0.25) is 0 Å². The third-order valence-corrected chi connectivity index (χ3v) is 7.62. The smallest absolute Gasteiger partial charge is 0.192 e. The summed E-state index contributed by atoms with van der Waals surface area (Å²) in [6.07, 6.45) is 2.21. The quantitative estimate of drug-likeness (QED) is 0.718. The zero-order valence-electron chi connectivity index (χ0n) is 10.7. The molecule has 0 spiro atoms. The number of hydrogen-bond acceptors (Lipinski definition) is 2. The van der Waals surface area contributed by atoms with Crippen molar-refractivity contribution in [1.82, 2.24) is 0 Å². The molecule has 0 saturated carbocycles. The van der Waals surface area contributed by atoms with Crippen LogP contribution in [0.15, 0.2) is 0 Å². The molecule has 2 nitrogen and oxygen atoms in total. The zero-order chi connectivity index (χ0) is 11.4. The first-order valence-electron chi connectivity index (χ1n) is 5.60. The molecule has 0 radical (unpaired) electrons. The Kier molecular flexibility index (Phi) is 5.34. The average molecular weight is 217 g/mol. The molecule has 14 heavy (non-hydrogen) atoms. The van der Waals surface area contributed by atoms with E-state index in [4.69, 9.17) is 10.2 Å². The fourth-order valence-electron chi connectivity index (χ4n) is 0.986. The molecule has 0 aliphatic rings. The van der Waals surface area contributed by atoms with Gasteiger partial charge in [-0.25, -0.2) is 0 Å². The second-order valence-electron chi connectivity index (χ2n) is 5.62. The first-order valence-corrected chi connectivity index (χ1v) is 8.51. The van der Waals surface area contributed by atoms with E-state index in [9.17, 15) is 0 Å². The van der Waals surface area contributed by atoms with Crippen molar-refractivity contribution in [2.75, 3.05) is 6.61 Å². The van der Waals surface area contributed by atoms with Crippen molar-refractivity contribution in [3.05, 3.63) is 0 Å². The molecule has 0 unspecified atom stereocenters. The number of hydrogen-bond donors (Lipinski definition) is 1. The van der Waals surface area contributed by atoms with Crippen LogP contribution in [-0.4, -0.2) is 21.0 Å². The van der Waals surface area contributed by atoms with Gasteiger partial charge in [0.05, 0.1) is 0 Å². The minimum Gasteiger partial charge on any atom is -0.415 e. The van der Waals surface area contributed by atoms with Crippen molar-refractivity contribution in [2.24, 2.45) is 5.73 Å². The summed E-state index contributed by atoms with van der Waals surface area (Å²) in [7, 11) is -1.58. The fraction of sp³-hybridized carbons (Fsp3) is 1.00. The lowest BCUT2D eigenvalue weighted by molar-refractivity contribution is 0.257.